The number of anilines is 1. The number of halogens is 1. The summed E-state index contributed by atoms with van der Waals surface area (Å²) < 4.78 is 5.05. The molecule has 0 aromatic carbocycles. The summed E-state index contributed by atoms with van der Waals surface area (Å²) in [6.07, 6.45) is 2.40. The molecule has 106 valence electrons. The third-order valence-corrected chi connectivity index (χ3v) is 3.39. The maximum absolute atomic E-state index is 5.91. The Morgan fingerprint density at radius 3 is 2.79 bits per heavy atom. The first-order chi connectivity index (χ1) is 9.10. The number of ether oxygens (including phenoxy) is 1. The van der Waals surface area contributed by atoms with Gasteiger partial charge in [0, 0.05) is 18.6 Å². The van der Waals surface area contributed by atoms with Gasteiger partial charge in [0.1, 0.15) is 0 Å². The van der Waals surface area contributed by atoms with Gasteiger partial charge in [-0.25, -0.2) is 0 Å². The van der Waals surface area contributed by atoms with Crippen molar-refractivity contribution in [2.75, 3.05) is 25.1 Å². The molecule has 0 saturated carbocycles. The van der Waals surface area contributed by atoms with Crippen molar-refractivity contribution >= 4 is 17.5 Å². The topological polar surface area (TPSA) is 63.2 Å². The van der Waals surface area contributed by atoms with E-state index in [1.165, 1.54) is 20.0 Å². The van der Waals surface area contributed by atoms with Crippen LogP contribution in [0.2, 0.25) is 5.28 Å². The molecule has 1 atom stereocenters. The molecular weight excluding hydrogens is 266 g/mol. The molecule has 0 spiro atoms. The van der Waals surface area contributed by atoms with Crippen molar-refractivity contribution in [1.82, 2.24) is 20.3 Å². The lowest BCUT2D eigenvalue weighted by Crippen LogP contribution is -2.42. The Bertz CT molecular complexity index is 423. The van der Waals surface area contributed by atoms with E-state index in [0.29, 0.717) is 12.0 Å². The lowest BCUT2D eigenvalue weighted by atomic mass is 10.2. The van der Waals surface area contributed by atoms with Crippen LogP contribution in [0.5, 0.6) is 6.01 Å². The van der Waals surface area contributed by atoms with Crippen LogP contribution in [0.4, 0.5) is 5.95 Å². The van der Waals surface area contributed by atoms with Gasteiger partial charge in [-0.05, 0) is 44.8 Å². The maximum atomic E-state index is 5.91. The molecule has 1 aromatic rings. The van der Waals surface area contributed by atoms with Crippen LogP contribution in [0.3, 0.4) is 0 Å². The summed E-state index contributed by atoms with van der Waals surface area (Å²) in [6.45, 7) is 6.16. The summed E-state index contributed by atoms with van der Waals surface area (Å²) in [5.41, 5.74) is 0. The fourth-order valence-corrected chi connectivity index (χ4v) is 2.36. The second-order valence-electron chi connectivity index (χ2n) is 4.93. The van der Waals surface area contributed by atoms with E-state index >= 15 is 0 Å². The van der Waals surface area contributed by atoms with Crippen LogP contribution < -0.4 is 15.0 Å². The fourth-order valence-electron chi connectivity index (χ4n) is 2.22. The first kappa shape index (κ1) is 14.3. The average Bonchev–Trinajstić information content (AvgIpc) is 2.87. The highest BCUT2D eigenvalue weighted by molar-refractivity contribution is 6.28. The molecule has 1 fully saturated rings. The van der Waals surface area contributed by atoms with Gasteiger partial charge in [-0.15, -0.1) is 0 Å². The summed E-state index contributed by atoms with van der Waals surface area (Å²) in [5, 5.41) is 3.64. The molecule has 7 heteroatoms. The molecule has 1 aliphatic heterocycles. The third kappa shape index (κ3) is 3.67. The van der Waals surface area contributed by atoms with Gasteiger partial charge in [0.25, 0.3) is 0 Å². The molecule has 2 rings (SSSR count). The standard InChI is InChI=1S/C12H20ClN5O/c1-8(2)18(7-9-5-4-6-14-9)11-15-10(13)16-12(17-11)19-3/h8-9,14H,4-7H2,1-3H3. The number of hydrogen-bond acceptors (Lipinski definition) is 6. The maximum Gasteiger partial charge on any atom is 0.322 e. The highest BCUT2D eigenvalue weighted by Crippen LogP contribution is 2.19. The van der Waals surface area contributed by atoms with Crippen molar-refractivity contribution in [2.24, 2.45) is 0 Å². The highest BCUT2D eigenvalue weighted by Gasteiger charge is 2.22. The Balaban J connectivity index is 2.19. The molecule has 0 aliphatic carbocycles. The summed E-state index contributed by atoms with van der Waals surface area (Å²) in [6, 6.07) is 1.01. The third-order valence-electron chi connectivity index (χ3n) is 3.22. The Kier molecular flexibility index (Phi) is 4.76. The van der Waals surface area contributed by atoms with Gasteiger partial charge >= 0.3 is 6.01 Å². The number of nitrogens with one attached hydrogen (secondary N) is 1. The second kappa shape index (κ2) is 6.34. The average molecular weight is 286 g/mol. The van der Waals surface area contributed by atoms with Gasteiger partial charge in [-0.1, -0.05) is 0 Å². The highest BCUT2D eigenvalue weighted by atomic mass is 35.5. The van der Waals surface area contributed by atoms with Crippen molar-refractivity contribution in [1.29, 1.82) is 0 Å². The van der Waals surface area contributed by atoms with E-state index in [9.17, 15) is 0 Å². The molecule has 2 heterocycles. The van der Waals surface area contributed by atoms with E-state index in [1.54, 1.807) is 0 Å². The summed E-state index contributed by atoms with van der Waals surface area (Å²) >= 11 is 5.91. The van der Waals surface area contributed by atoms with Gasteiger partial charge in [0.05, 0.1) is 7.11 Å². The quantitative estimate of drug-likeness (QED) is 0.885. The molecule has 1 saturated heterocycles. The number of rotatable bonds is 5. The van der Waals surface area contributed by atoms with E-state index in [1.807, 2.05) is 0 Å². The Morgan fingerprint density at radius 2 is 2.21 bits per heavy atom. The minimum atomic E-state index is 0.159. The summed E-state index contributed by atoms with van der Waals surface area (Å²) in [4.78, 5) is 14.5. The predicted molar refractivity (Wildman–Crippen MR) is 74.9 cm³/mol. The lowest BCUT2D eigenvalue weighted by molar-refractivity contribution is 0.377. The van der Waals surface area contributed by atoms with Gasteiger partial charge in [0.2, 0.25) is 11.2 Å². The van der Waals surface area contributed by atoms with Crippen molar-refractivity contribution < 1.29 is 4.74 Å². The van der Waals surface area contributed by atoms with Crippen molar-refractivity contribution in [3.8, 4) is 6.01 Å². The Hall–Kier alpha value is -1.14. The molecular formula is C12H20ClN5O. The van der Waals surface area contributed by atoms with Gasteiger partial charge in [-0.2, -0.15) is 15.0 Å². The minimum Gasteiger partial charge on any atom is -0.467 e. The molecule has 1 N–H and O–H groups in total. The number of aromatic nitrogens is 3. The van der Waals surface area contributed by atoms with Crippen molar-refractivity contribution in [3.05, 3.63) is 5.28 Å². The molecule has 1 aliphatic rings. The van der Waals surface area contributed by atoms with Gasteiger partial charge in [-0.3, -0.25) is 0 Å². The van der Waals surface area contributed by atoms with E-state index in [-0.39, 0.29) is 17.3 Å². The summed E-state index contributed by atoms with van der Waals surface area (Å²) in [5.74, 6) is 0.570. The van der Waals surface area contributed by atoms with Crippen LogP contribution in [0.15, 0.2) is 0 Å². The Morgan fingerprint density at radius 1 is 1.42 bits per heavy atom. The molecule has 0 bridgehead atoms. The summed E-state index contributed by atoms with van der Waals surface area (Å²) in [7, 11) is 1.52. The lowest BCUT2D eigenvalue weighted by Gasteiger charge is -2.29. The number of methoxy groups -OCH3 is 1. The van der Waals surface area contributed by atoms with Crippen molar-refractivity contribution in [2.45, 2.75) is 38.8 Å². The van der Waals surface area contributed by atoms with E-state index in [4.69, 9.17) is 16.3 Å². The SMILES string of the molecule is COc1nc(Cl)nc(N(CC2CCCN2)C(C)C)n1. The van der Waals surface area contributed by atoms with Crippen LogP contribution >= 0.6 is 11.6 Å². The van der Waals surface area contributed by atoms with Crippen molar-refractivity contribution in [3.63, 3.8) is 0 Å². The number of nitrogens with zero attached hydrogens (tertiary/aromatic N) is 4. The molecule has 0 amide bonds. The molecule has 0 radical (unpaired) electrons. The van der Waals surface area contributed by atoms with Gasteiger partial charge < -0.3 is 15.0 Å². The Labute approximate surface area is 118 Å². The molecule has 1 unspecified atom stereocenters. The van der Waals surface area contributed by atoms with E-state index in [0.717, 1.165) is 13.1 Å². The van der Waals surface area contributed by atoms with Crippen LogP contribution in [-0.4, -0.2) is 47.2 Å². The predicted octanol–water partition coefficient (Wildman–Crippen LogP) is 1.50. The number of hydrogen-bond donors (Lipinski definition) is 1. The zero-order valence-electron chi connectivity index (χ0n) is 11.6. The second-order valence-corrected chi connectivity index (χ2v) is 5.27. The van der Waals surface area contributed by atoms with Crippen LogP contribution in [0, 0.1) is 0 Å². The smallest absolute Gasteiger partial charge is 0.322 e. The van der Waals surface area contributed by atoms with E-state index < -0.39 is 0 Å². The normalized spacial score (nSPS) is 18.9. The monoisotopic (exact) mass is 285 g/mol. The molecule has 6 nitrogen and oxygen atoms in total. The van der Waals surface area contributed by atoms with Crippen LogP contribution in [-0.2, 0) is 0 Å². The first-order valence-electron chi connectivity index (χ1n) is 6.55. The van der Waals surface area contributed by atoms with Crippen LogP contribution in [0.1, 0.15) is 26.7 Å². The molecule has 1 aromatic heterocycles. The zero-order valence-corrected chi connectivity index (χ0v) is 12.3. The molecule has 19 heavy (non-hydrogen) atoms. The zero-order chi connectivity index (χ0) is 13.8. The fraction of sp³-hybridized carbons (Fsp3) is 0.750. The largest absolute Gasteiger partial charge is 0.467 e. The van der Waals surface area contributed by atoms with Gasteiger partial charge in [0.15, 0.2) is 0 Å². The van der Waals surface area contributed by atoms with E-state index in [2.05, 4.69) is 39.0 Å². The minimum absolute atomic E-state index is 0.159. The van der Waals surface area contributed by atoms with Crippen LogP contribution in [0.25, 0.3) is 0 Å². The first-order valence-corrected chi connectivity index (χ1v) is 6.93.